The van der Waals surface area contributed by atoms with Crippen LogP contribution >= 0.6 is 0 Å². The smallest absolute Gasteiger partial charge is 0.306 e. The highest BCUT2D eigenvalue weighted by Crippen LogP contribution is 2.14. The molecule has 2 atom stereocenters. The van der Waals surface area contributed by atoms with E-state index in [0.717, 1.165) is 103 Å². The Balaban J connectivity index is 4.29. The monoisotopic (exact) mass is 920 g/mol. The Morgan fingerprint density at radius 1 is 0.455 bits per heavy atom. The maximum absolute atomic E-state index is 12.8. The number of allylic oxidation sites excluding steroid dienone is 16. The van der Waals surface area contributed by atoms with E-state index in [1.165, 1.54) is 64.2 Å². The Bertz CT molecular complexity index is 1400. The van der Waals surface area contributed by atoms with Crippen LogP contribution in [0.3, 0.4) is 0 Å². The number of carboxylic acid groups (broad SMARTS) is 1. The Hall–Kier alpha value is -3.75. The lowest BCUT2D eigenvalue weighted by Crippen LogP contribution is -2.55. The summed E-state index contributed by atoms with van der Waals surface area (Å²) in [7, 11) is 5.40. The SMILES string of the molecule is CC/C=C/C/C=C/C/C=C/C/C=C/C/C=C/CCCCCCCCC(=O)OC(COCCC(C(=O)[O-])[N+](C)(C)C)COC(=O)CCCCCCCCCCCC/C=C/C/C=C/C/C=C/CC. The molecule has 0 aromatic rings. The first-order valence-corrected chi connectivity index (χ1v) is 26.3. The standard InChI is InChI=1S/C58H97NO7/c1-6-8-10-12-14-16-18-20-22-24-26-28-29-31-33-35-37-39-41-43-45-47-49-57(61)66-54(52-64-51-50-55(58(62)63)59(3,4)5)53-65-56(60)48-46-44-42-40-38-36-34-32-30-27-25-23-21-19-17-15-13-11-9-7-2/h8-11,14-17,20-23,26,28,31,33,54-55H,6-7,12-13,18-19,24-25,27,29-30,32,34-53H2,1-5H3/b10-8+,11-9+,16-14+,17-15+,22-20+,23-21+,28-26+,33-31+. The largest absolute Gasteiger partial charge is 0.544 e. The molecule has 0 spiro atoms. The number of carbonyl (C=O) groups is 3. The highest BCUT2D eigenvalue weighted by Gasteiger charge is 2.25. The molecular weight excluding hydrogens is 823 g/mol. The number of nitrogens with zero attached hydrogens (tertiary/aromatic N) is 1. The van der Waals surface area contributed by atoms with Gasteiger partial charge < -0.3 is 28.6 Å². The predicted molar refractivity (Wildman–Crippen MR) is 277 cm³/mol. The van der Waals surface area contributed by atoms with Crippen molar-refractivity contribution in [1.82, 2.24) is 0 Å². The molecule has 0 aromatic carbocycles. The molecule has 8 heteroatoms. The van der Waals surface area contributed by atoms with Crippen molar-refractivity contribution in [3.05, 3.63) is 97.2 Å². The third-order valence-corrected chi connectivity index (χ3v) is 11.2. The number of carbonyl (C=O) groups excluding carboxylic acids is 3. The first-order chi connectivity index (χ1) is 32.1. The van der Waals surface area contributed by atoms with E-state index in [-0.39, 0.29) is 42.7 Å². The molecule has 0 aliphatic rings. The van der Waals surface area contributed by atoms with Gasteiger partial charge in [-0.3, -0.25) is 9.59 Å². The van der Waals surface area contributed by atoms with Crippen LogP contribution in [0, 0.1) is 0 Å². The normalized spacial score (nSPS) is 13.7. The number of carboxylic acids is 1. The number of aliphatic carboxylic acids is 1. The second-order valence-corrected chi connectivity index (χ2v) is 18.3. The number of hydrogen-bond acceptors (Lipinski definition) is 7. The summed E-state index contributed by atoms with van der Waals surface area (Å²) < 4.78 is 17.2. The molecule has 376 valence electrons. The summed E-state index contributed by atoms with van der Waals surface area (Å²) in [5.74, 6) is -1.77. The minimum absolute atomic E-state index is 0.0281. The van der Waals surface area contributed by atoms with Crippen LogP contribution in [0.2, 0.25) is 0 Å². The molecule has 0 bridgehead atoms. The number of likely N-dealkylation sites (N-methyl/N-ethyl adjacent to an activating group) is 1. The average Bonchev–Trinajstić information content (AvgIpc) is 3.28. The fourth-order valence-electron chi connectivity index (χ4n) is 7.23. The molecule has 0 aliphatic carbocycles. The van der Waals surface area contributed by atoms with Gasteiger partial charge in [-0.2, -0.15) is 0 Å². The quantitative estimate of drug-likeness (QED) is 0.0259. The fraction of sp³-hybridized carbons (Fsp3) is 0.672. The molecule has 8 nitrogen and oxygen atoms in total. The topological polar surface area (TPSA) is 102 Å². The van der Waals surface area contributed by atoms with Crippen LogP contribution in [0.1, 0.15) is 200 Å². The summed E-state index contributed by atoms with van der Waals surface area (Å²) in [4.78, 5) is 37.1. The third kappa shape index (κ3) is 45.4. The summed E-state index contributed by atoms with van der Waals surface area (Å²) >= 11 is 0. The van der Waals surface area contributed by atoms with Crippen molar-refractivity contribution >= 4 is 17.9 Å². The van der Waals surface area contributed by atoms with E-state index in [4.69, 9.17) is 14.2 Å². The molecule has 0 N–H and O–H groups in total. The lowest BCUT2D eigenvalue weighted by Gasteiger charge is -2.34. The Morgan fingerprint density at radius 2 is 0.803 bits per heavy atom. The van der Waals surface area contributed by atoms with Gasteiger partial charge >= 0.3 is 11.9 Å². The first-order valence-electron chi connectivity index (χ1n) is 26.3. The minimum atomic E-state index is -1.13. The zero-order chi connectivity index (χ0) is 48.4. The van der Waals surface area contributed by atoms with Crippen molar-refractivity contribution in [2.75, 3.05) is 41.0 Å². The van der Waals surface area contributed by atoms with Gasteiger partial charge in [0.05, 0.1) is 40.3 Å². The number of unbranched alkanes of at least 4 members (excludes halogenated alkanes) is 16. The Labute approximate surface area is 405 Å². The summed E-state index contributed by atoms with van der Waals surface area (Å²) in [5.41, 5.74) is 0. The fourth-order valence-corrected chi connectivity index (χ4v) is 7.23. The van der Waals surface area contributed by atoms with Crippen LogP contribution in [0.5, 0.6) is 0 Å². The lowest BCUT2D eigenvalue weighted by atomic mass is 10.1. The minimum Gasteiger partial charge on any atom is -0.544 e. The number of quaternary nitrogens is 1. The Kier molecular flexibility index (Phi) is 45.0. The molecule has 0 fully saturated rings. The van der Waals surface area contributed by atoms with Crippen molar-refractivity contribution < 1.29 is 38.2 Å². The highest BCUT2D eigenvalue weighted by molar-refractivity contribution is 5.70. The van der Waals surface area contributed by atoms with Gasteiger partial charge in [0.15, 0.2) is 6.10 Å². The van der Waals surface area contributed by atoms with Gasteiger partial charge in [-0.25, -0.2) is 0 Å². The molecule has 0 saturated heterocycles. The molecule has 0 radical (unpaired) electrons. The number of rotatable bonds is 46. The lowest BCUT2D eigenvalue weighted by molar-refractivity contribution is -0.889. The van der Waals surface area contributed by atoms with Crippen molar-refractivity contribution in [1.29, 1.82) is 0 Å². The number of esters is 2. The second kappa shape index (κ2) is 47.7. The summed E-state index contributed by atoms with van der Waals surface area (Å²) in [6.07, 6.45) is 64.3. The zero-order valence-corrected chi connectivity index (χ0v) is 42.8. The summed E-state index contributed by atoms with van der Waals surface area (Å²) in [6.45, 7) is 4.42. The molecular formula is C58H97NO7. The van der Waals surface area contributed by atoms with Gasteiger partial charge in [0, 0.05) is 19.3 Å². The van der Waals surface area contributed by atoms with Crippen LogP contribution in [-0.2, 0) is 28.6 Å². The van der Waals surface area contributed by atoms with E-state index >= 15 is 0 Å². The van der Waals surface area contributed by atoms with Gasteiger partial charge in [-0.05, 0) is 89.9 Å². The van der Waals surface area contributed by atoms with Gasteiger partial charge in [0.25, 0.3) is 0 Å². The summed E-state index contributed by atoms with van der Waals surface area (Å²) in [6, 6.07) is -0.735. The average molecular weight is 920 g/mol. The predicted octanol–water partition coefficient (Wildman–Crippen LogP) is 14.1. The van der Waals surface area contributed by atoms with Crippen molar-refractivity contribution in [3.63, 3.8) is 0 Å². The third-order valence-electron chi connectivity index (χ3n) is 11.2. The van der Waals surface area contributed by atoms with Gasteiger partial charge in [0.1, 0.15) is 12.6 Å². The molecule has 66 heavy (non-hydrogen) atoms. The van der Waals surface area contributed by atoms with Crippen LogP contribution in [0.25, 0.3) is 0 Å². The second-order valence-electron chi connectivity index (χ2n) is 18.3. The molecule has 0 rings (SSSR count). The molecule has 0 aromatic heterocycles. The van der Waals surface area contributed by atoms with Crippen molar-refractivity contribution in [2.45, 2.75) is 212 Å². The van der Waals surface area contributed by atoms with Crippen LogP contribution in [0.15, 0.2) is 97.2 Å². The van der Waals surface area contributed by atoms with Gasteiger partial charge in [-0.15, -0.1) is 0 Å². The van der Waals surface area contributed by atoms with Crippen LogP contribution < -0.4 is 5.11 Å². The van der Waals surface area contributed by atoms with Crippen molar-refractivity contribution in [2.24, 2.45) is 0 Å². The summed E-state index contributed by atoms with van der Waals surface area (Å²) in [5, 5.41) is 11.7. The highest BCUT2D eigenvalue weighted by atomic mass is 16.6. The van der Waals surface area contributed by atoms with Crippen molar-refractivity contribution in [3.8, 4) is 0 Å². The first kappa shape index (κ1) is 62.2. The van der Waals surface area contributed by atoms with Crippen LogP contribution in [-0.4, -0.2) is 75.5 Å². The Morgan fingerprint density at radius 3 is 1.18 bits per heavy atom. The van der Waals surface area contributed by atoms with E-state index < -0.39 is 18.1 Å². The van der Waals surface area contributed by atoms with Crippen LogP contribution in [0.4, 0.5) is 0 Å². The number of ether oxygens (including phenoxy) is 3. The van der Waals surface area contributed by atoms with Gasteiger partial charge in [-0.1, -0.05) is 188 Å². The zero-order valence-electron chi connectivity index (χ0n) is 42.8. The maximum atomic E-state index is 12.8. The van der Waals surface area contributed by atoms with E-state index in [1.54, 1.807) is 21.1 Å². The van der Waals surface area contributed by atoms with Gasteiger partial charge in [0.2, 0.25) is 0 Å². The van der Waals surface area contributed by atoms with E-state index in [1.807, 2.05) is 0 Å². The van der Waals surface area contributed by atoms with E-state index in [9.17, 15) is 19.5 Å². The molecule has 0 aliphatic heterocycles. The molecule has 0 amide bonds. The van der Waals surface area contributed by atoms with E-state index in [0.29, 0.717) is 12.8 Å². The molecule has 0 saturated carbocycles. The van der Waals surface area contributed by atoms with E-state index in [2.05, 4.69) is 111 Å². The maximum Gasteiger partial charge on any atom is 0.306 e. The number of hydrogen-bond donors (Lipinski definition) is 0. The molecule has 0 heterocycles. The molecule has 2 unspecified atom stereocenters.